The first-order valence-corrected chi connectivity index (χ1v) is 6.96. The molecule has 0 spiro atoms. The predicted molar refractivity (Wildman–Crippen MR) is 77.7 cm³/mol. The normalized spacial score (nSPS) is 11.1. The van der Waals surface area contributed by atoms with Crippen molar-refractivity contribution < 1.29 is 0 Å². The molecule has 0 fully saturated rings. The van der Waals surface area contributed by atoms with Gasteiger partial charge in [-0.1, -0.05) is 0 Å². The maximum absolute atomic E-state index is 5.95. The fourth-order valence-electron chi connectivity index (χ4n) is 1.90. The number of nitrogens with zero attached hydrogens (tertiary/aromatic N) is 4. The summed E-state index contributed by atoms with van der Waals surface area (Å²) in [7, 11) is 1.89. The molecule has 3 rings (SSSR count). The summed E-state index contributed by atoms with van der Waals surface area (Å²) in [6, 6.07) is 2.07. The van der Waals surface area contributed by atoms with Crippen molar-refractivity contribution in [2.45, 2.75) is 13.5 Å². The van der Waals surface area contributed by atoms with Crippen molar-refractivity contribution in [3.05, 3.63) is 34.2 Å². The van der Waals surface area contributed by atoms with Gasteiger partial charge in [0.25, 0.3) is 0 Å². The van der Waals surface area contributed by atoms with Gasteiger partial charge in [-0.05, 0) is 24.6 Å². The number of thiophene rings is 1. The molecule has 0 unspecified atom stereocenters. The van der Waals surface area contributed by atoms with Gasteiger partial charge in [0.05, 0.1) is 11.6 Å². The average molecular weight is 294 g/mol. The second-order valence-corrected chi connectivity index (χ2v) is 5.87. The Morgan fingerprint density at radius 2 is 2.26 bits per heavy atom. The summed E-state index contributed by atoms with van der Waals surface area (Å²) >= 11 is 7.56. The molecule has 7 heteroatoms. The fraction of sp³-hybridized carbons (Fsp3) is 0.250. The van der Waals surface area contributed by atoms with Gasteiger partial charge in [-0.25, -0.2) is 9.97 Å². The number of rotatable bonds is 3. The van der Waals surface area contributed by atoms with Gasteiger partial charge in [0.1, 0.15) is 10.6 Å². The number of hydrogen-bond donors (Lipinski definition) is 1. The molecule has 0 aromatic carbocycles. The number of halogens is 1. The van der Waals surface area contributed by atoms with E-state index in [0.29, 0.717) is 6.54 Å². The maximum Gasteiger partial charge on any atom is 0.225 e. The highest BCUT2D eigenvalue weighted by atomic mass is 35.5. The van der Waals surface area contributed by atoms with Crippen LogP contribution in [0.4, 0.5) is 5.82 Å². The Labute approximate surface area is 119 Å². The SMILES string of the molecule is Cc1cc2c(NCc3cnn(C)c3)nc(Cl)nc2s1. The predicted octanol–water partition coefficient (Wildman–Crippen LogP) is 3.00. The van der Waals surface area contributed by atoms with E-state index in [2.05, 4.69) is 26.4 Å². The standard InChI is InChI=1S/C12H12ClN5S/c1-7-3-9-10(16-12(13)17-11(9)19-7)14-4-8-5-15-18(2)6-8/h3,5-6H,4H2,1-2H3,(H,14,16,17). The first-order chi connectivity index (χ1) is 9.11. The van der Waals surface area contributed by atoms with Crippen LogP contribution < -0.4 is 5.32 Å². The molecule has 0 radical (unpaired) electrons. The monoisotopic (exact) mass is 293 g/mol. The first-order valence-electron chi connectivity index (χ1n) is 5.77. The Kier molecular flexibility index (Phi) is 3.12. The highest BCUT2D eigenvalue weighted by molar-refractivity contribution is 7.18. The van der Waals surface area contributed by atoms with E-state index in [1.165, 1.54) is 4.88 Å². The van der Waals surface area contributed by atoms with Crippen LogP contribution in [0, 0.1) is 6.92 Å². The molecule has 0 bridgehead atoms. The van der Waals surface area contributed by atoms with E-state index in [0.717, 1.165) is 21.6 Å². The summed E-state index contributed by atoms with van der Waals surface area (Å²) in [5, 5.41) is 8.70. The lowest BCUT2D eigenvalue weighted by Gasteiger charge is -2.05. The Bertz CT molecular complexity index is 733. The van der Waals surface area contributed by atoms with E-state index in [4.69, 9.17) is 11.6 Å². The molecular weight excluding hydrogens is 282 g/mol. The second kappa shape index (κ2) is 4.79. The lowest BCUT2D eigenvalue weighted by Crippen LogP contribution is -2.01. The average Bonchev–Trinajstić information content (AvgIpc) is 2.91. The molecule has 0 saturated carbocycles. The van der Waals surface area contributed by atoms with Crippen LogP contribution >= 0.6 is 22.9 Å². The van der Waals surface area contributed by atoms with Crippen molar-refractivity contribution in [2.75, 3.05) is 5.32 Å². The molecule has 0 atom stereocenters. The van der Waals surface area contributed by atoms with Crippen LogP contribution in [0.5, 0.6) is 0 Å². The molecule has 0 saturated heterocycles. The fourth-order valence-corrected chi connectivity index (χ4v) is 3.00. The van der Waals surface area contributed by atoms with Crippen molar-refractivity contribution in [1.29, 1.82) is 0 Å². The van der Waals surface area contributed by atoms with E-state index in [1.807, 2.05) is 26.4 Å². The minimum Gasteiger partial charge on any atom is -0.365 e. The Morgan fingerprint density at radius 1 is 1.42 bits per heavy atom. The Morgan fingerprint density at radius 3 is 3.00 bits per heavy atom. The molecule has 1 N–H and O–H groups in total. The summed E-state index contributed by atoms with van der Waals surface area (Å²) in [6.07, 6.45) is 3.79. The van der Waals surface area contributed by atoms with Gasteiger partial charge in [-0.15, -0.1) is 11.3 Å². The van der Waals surface area contributed by atoms with E-state index in [1.54, 1.807) is 16.0 Å². The number of fused-ring (bicyclic) bond motifs is 1. The van der Waals surface area contributed by atoms with Gasteiger partial charge in [0.15, 0.2) is 0 Å². The zero-order valence-corrected chi connectivity index (χ0v) is 12.1. The van der Waals surface area contributed by atoms with Crippen molar-refractivity contribution in [3.63, 3.8) is 0 Å². The van der Waals surface area contributed by atoms with Crippen LogP contribution in [0.15, 0.2) is 18.5 Å². The zero-order valence-electron chi connectivity index (χ0n) is 10.5. The molecule has 19 heavy (non-hydrogen) atoms. The highest BCUT2D eigenvalue weighted by Gasteiger charge is 2.09. The second-order valence-electron chi connectivity index (χ2n) is 4.29. The topological polar surface area (TPSA) is 55.6 Å². The van der Waals surface area contributed by atoms with Crippen molar-refractivity contribution >= 4 is 39.0 Å². The van der Waals surface area contributed by atoms with Gasteiger partial charge >= 0.3 is 0 Å². The minimum absolute atomic E-state index is 0.267. The third-order valence-electron chi connectivity index (χ3n) is 2.71. The number of aromatic nitrogens is 4. The summed E-state index contributed by atoms with van der Waals surface area (Å²) in [5.41, 5.74) is 1.09. The molecule has 5 nitrogen and oxygen atoms in total. The van der Waals surface area contributed by atoms with E-state index in [9.17, 15) is 0 Å². The highest BCUT2D eigenvalue weighted by Crippen LogP contribution is 2.29. The molecular formula is C12H12ClN5S. The molecule has 3 aromatic heterocycles. The van der Waals surface area contributed by atoms with Crippen LogP contribution in [-0.4, -0.2) is 19.7 Å². The molecule has 0 aliphatic carbocycles. The maximum atomic E-state index is 5.95. The number of nitrogens with one attached hydrogen (secondary N) is 1. The van der Waals surface area contributed by atoms with Crippen molar-refractivity contribution in [1.82, 2.24) is 19.7 Å². The molecule has 0 aliphatic rings. The molecule has 98 valence electrons. The summed E-state index contributed by atoms with van der Waals surface area (Å²) in [4.78, 5) is 10.6. The van der Waals surface area contributed by atoms with Crippen molar-refractivity contribution in [2.24, 2.45) is 7.05 Å². The van der Waals surface area contributed by atoms with E-state index < -0.39 is 0 Å². The van der Waals surface area contributed by atoms with Crippen LogP contribution in [0.25, 0.3) is 10.2 Å². The first kappa shape index (κ1) is 12.4. The van der Waals surface area contributed by atoms with Gasteiger partial charge in [-0.2, -0.15) is 5.10 Å². The third-order valence-corrected chi connectivity index (χ3v) is 3.82. The molecule has 0 amide bonds. The molecule has 3 heterocycles. The quantitative estimate of drug-likeness (QED) is 0.754. The van der Waals surface area contributed by atoms with Gasteiger partial charge < -0.3 is 5.32 Å². The summed E-state index contributed by atoms with van der Waals surface area (Å²) < 4.78 is 1.77. The van der Waals surface area contributed by atoms with Crippen LogP contribution in [0.2, 0.25) is 5.28 Å². The number of aryl methyl sites for hydroxylation is 2. The van der Waals surface area contributed by atoms with Gasteiger partial charge in [-0.3, -0.25) is 4.68 Å². The van der Waals surface area contributed by atoms with Crippen LogP contribution in [0.1, 0.15) is 10.4 Å². The smallest absolute Gasteiger partial charge is 0.225 e. The summed E-state index contributed by atoms with van der Waals surface area (Å²) in [5.74, 6) is 0.767. The Hall–Kier alpha value is -1.66. The minimum atomic E-state index is 0.267. The van der Waals surface area contributed by atoms with Crippen LogP contribution in [0.3, 0.4) is 0 Å². The van der Waals surface area contributed by atoms with Gasteiger partial charge in [0.2, 0.25) is 5.28 Å². The zero-order chi connectivity index (χ0) is 13.4. The van der Waals surface area contributed by atoms with E-state index in [-0.39, 0.29) is 5.28 Å². The lowest BCUT2D eigenvalue weighted by molar-refractivity contribution is 0.767. The third kappa shape index (κ3) is 2.54. The molecule has 0 aliphatic heterocycles. The van der Waals surface area contributed by atoms with E-state index >= 15 is 0 Å². The largest absolute Gasteiger partial charge is 0.365 e. The lowest BCUT2D eigenvalue weighted by atomic mass is 10.3. The number of anilines is 1. The molecule has 3 aromatic rings. The number of hydrogen-bond acceptors (Lipinski definition) is 5. The Balaban J connectivity index is 1.91. The van der Waals surface area contributed by atoms with Crippen molar-refractivity contribution in [3.8, 4) is 0 Å². The van der Waals surface area contributed by atoms with Crippen LogP contribution in [-0.2, 0) is 13.6 Å². The summed E-state index contributed by atoms with van der Waals surface area (Å²) in [6.45, 7) is 2.70. The van der Waals surface area contributed by atoms with Gasteiger partial charge in [0, 0.05) is 30.2 Å².